The fourth-order valence-corrected chi connectivity index (χ4v) is 2.41. The third-order valence-electron chi connectivity index (χ3n) is 3.57. The maximum absolute atomic E-state index is 11.5. The van der Waals surface area contributed by atoms with Crippen molar-refractivity contribution in [3.63, 3.8) is 0 Å². The number of rotatable bonds is 5. The lowest BCUT2D eigenvalue weighted by atomic mass is 10.2. The van der Waals surface area contributed by atoms with Crippen molar-refractivity contribution in [2.45, 2.75) is 32.2 Å². The molecule has 0 aliphatic carbocycles. The first-order chi connectivity index (χ1) is 9.24. The summed E-state index contributed by atoms with van der Waals surface area (Å²) >= 11 is 0. The van der Waals surface area contributed by atoms with Crippen LogP contribution in [0.1, 0.15) is 26.2 Å². The van der Waals surface area contributed by atoms with Gasteiger partial charge in [0.25, 0.3) is 0 Å². The van der Waals surface area contributed by atoms with E-state index in [1.807, 2.05) is 19.1 Å². The van der Waals surface area contributed by atoms with Crippen LogP contribution < -0.4 is 10.2 Å². The van der Waals surface area contributed by atoms with Crippen molar-refractivity contribution in [2.75, 3.05) is 30.4 Å². The van der Waals surface area contributed by atoms with E-state index in [1.165, 1.54) is 25.6 Å². The number of hydrogen-bond acceptors (Lipinski definition) is 4. The number of esters is 1. The van der Waals surface area contributed by atoms with Crippen LogP contribution in [0.2, 0.25) is 0 Å². The molecular weight excluding hydrogens is 240 g/mol. The van der Waals surface area contributed by atoms with Crippen LogP contribution in [-0.2, 0) is 9.53 Å². The standard InChI is InChI=1S/C15H22N2O2/c1-3-14(15(18)19-2)16-12-6-8-13(9-7-12)17-10-4-5-11-17/h6-9,14,16H,3-5,10-11H2,1-2H3. The lowest BCUT2D eigenvalue weighted by Gasteiger charge is -2.19. The molecule has 1 aliphatic rings. The molecule has 0 aromatic heterocycles. The second kappa shape index (κ2) is 6.45. The first-order valence-corrected chi connectivity index (χ1v) is 6.94. The second-order valence-electron chi connectivity index (χ2n) is 4.87. The Morgan fingerprint density at radius 2 is 1.95 bits per heavy atom. The van der Waals surface area contributed by atoms with Crippen molar-refractivity contribution in [2.24, 2.45) is 0 Å². The summed E-state index contributed by atoms with van der Waals surface area (Å²) in [5, 5.41) is 3.20. The highest BCUT2D eigenvalue weighted by molar-refractivity contribution is 5.79. The van der Waals surface area contributed by atoms with Crippen molar-refractivity contribution in [1.29, 1.82) is 0 Å². The second-order valence-corrected chi connectivity index (χ2v) is 4.87. The predicted molar refractivity (Wildman–Crippen MR) is 77.6 cm³/mol. The van der Waals surface area contributed by atoms with Crippen LogP contribution in [0, 0.1) is 0 Å². The first kappa shape index (κ1) is 13.7. The molecule has 0 spiro atoms. The maximum Gasteiger partial charge on any atom is 0.328 e. The number of anilines is 2. The summed E-state index contributed by atoms with van der Waals surface area (Å²) in [7, 11) is 1.42. The van der Waals surface area contributed by atoms with Crippen LogP contribution in [0.3, 0.4) is 0 Å². The topological polar surface area (TPSA) is 41.6 Å². The molecule has 4 nitrogen and oxygen atoms in total. The molecule has 1 aliphatic heterocycles. The van der Waals surface area contributed by atoms with Gasteiger partial charge in [-0.1, -0.05) is 6.92 Å². The van der Waals surface area contributed by atoms with Crippen molar-refractivity contribution >= 4 is 17.3 Å². The Bertz CT molecular complexity index is 411. The molecule has 1 saturated heterocycles. The highest BCUT2D eigenvalue weighted by Gasteiger charge is 2.17. The average Bonchev–Trinajstić information content (AvgIpc) is 2.98. The molecule has 4 heteroatoms. The quantitative estimate of drug-likeness (QED) is 0.828. The van der Waals surface area contributed by atoms with Crippen molar-refractivity contribution in [1.82, 2.24) is 0 Å². The van der Waals surface area contributed by atoms with E-state index in [4.69, 9.17) is 4.74 Å². The number of nitrogens with one attached hydrogen (secondary N) is 1. The summed E-state index contributed by atoms with van der Waals surface area (Å²) < 4.78 is 4.77. The number of methoxy groups -OCH3 is 1. The van der Waals surface area contributed by atoms with E-state index in [1.54, 1.807) is 0 Å². The van der Waals surface area contributed by atoms with Gasteiger partial charge in [-0.15, -0.1) is 0 Å². The van der Waals surface area contributed by atoms with Gasteiger partial charge in [-0.25, -0.2) is 4.79 Å². The zero-order valence-corrected chi connectivity index (χ0v) is 11.7. The predicted octanol–water partition coefficient (Wildman–Crippen LogP) is 2.65. The van der Waals surface area contributed by atoms with E-state index in [0.29, 0.717) is 6.42 Å². The van der Waals surface area contributed by atoms with Gasteiger partial charge in [0, 0.05) is 24.5 Å². The normalized spacial score (nSPS) is 16.2. The van der Waals surface area contributed by atoms with E-state index < -0.39 is 0 Å². The summed E-state index contributed by atoms with van der Waals surface area (Å²) in [4.78, 5) is 13.9. The van der Waals surface area contributed by atoms with Crippen LogP contribution in [0.5, 0.6) is 0 Å². The molecule has 1 fully saturated rings. The molecule has 0 saturated carbocycles. The molecule has 1 N–H and O–H groups in total. The molecular formula is C15H22N2O2. The van der Waals surface area contributed by atoms with E-state index >= 15 is 0 Å². The van der Waals surface area contributed by atoms with E-state index in [2.05, 4.69) is 22.3 Å². The number of benzene rings is 1. The number of hydrogen-bond donors (Lipinski definition) is 1. The van der Waals surface area contributed by atoms with Crippen LogP contribution in [0.4, 0.5) is 11.4 Å². The Kier molecular flexibility index (Phi) is 4.66. The van der Waals surface area contributed by atoms with E-state index in [0.717, 1.165) is 18.8 Å². The molecule has 1 unspecified atom stereocenters. The van der Waals surface area contributed by atoms with E-state index in [9.17, 15) is 4.79 Å². The molecule has 1 atom stereocenters. The lowest BCUT2D eigenvalue weighted by molar-refractivity contribution is -0.141. The number of nitrogens with zero attached hydrogens (tertiary/aromatic N) is 1. The monoisotopic (exact) mass is 262 g/mol. The lowest BCUT2D eigenvalue weighted by Crippen LogP contribution is -2.29. The zero-order chi connectivity index (χ0) is 13.7. The Hall–Kier alpha value is -1.71. The zero-order valence-electron chi connectivity index (χ0n) is 11.7. The highest BCUT2D eigenvalue weighted by atomic mass is 16.5. The Morgan fingerprint density at radius 1 is 1.32 bits per heavy atom. The van der Waals surface area contributed by atoms with Gasteiger partial charge >= 0.3 is 5.97 Å². The third kappa shape index (κ3) is 3.40. The van der Waals surface area contributed by atoms with Crippen LogP contribution in [-0.4, -0.2) is 32.2 Å². The summed E-state index contributed by atoms with van der Waals surface area (Å²) in [6.07, 6.45) is 3.26. The molecule has 0 amide bonds. The van der Waals surface area contributed by atoms with Gasteiger partial charge in [-0.3, -0.25) is 0 Å². The number of carbonyl (C=O) groups is 1. The molecule has 1 aromatic rings. The van der Waals surface area contributed by atoms with Crippen molar-refractivity contribution < 1.29 is 9.53 Å². The maximum atomic E-state index is 11.5. The van der Waals surface area contributed by atoms with Crippen LogP contribution >= 0.6 is 0 Å². The van der Waals surface area contributed by atoms with Gasteiger partial charge < -0.3 is 15.0 Å². The molecule has 2 rings (SSSR count). The van der Waals surface area contributed by atoms with Gasteiger partial charge in [0.05, 0.1) is 7.11 Å². The molecule has 0 bridgehead atoms. The van der Waals surface area contributed by atoms with Gasteiger partial charge in [0.15, 0.2) is 0 Å². The Balaban J connectivity index is 1.99. The fraction of sp³-hybridized carbons (Fsp3) is 0.533. The smallest absolute Gasteiger partial charge is 0.328 e. The van der Waals surface area contributed by atoms with Crippen LogP contribution in [0.15, 0.2) is 24.3 Å². The third-order valence-corrected chi connectivity index (χ3v) is 3.57. The minimum atomic E-state index is -0.275. The Morgan fingerprint density at radius 3 is 2.47 bits per heavy atom. The van der Waals surface area contributed by atoms with Gasteiger partial charge in [-0.05, 0) is 43.5 Å². The highest BCUT2D eigenvalue weighted by Crippen LogP contribution is 2.22. The fourth-order valence-electron chi connectivity index (χ4n) is 2.41. The molecule has 104 valence electrons. The minimum absolute atomic E-state index is 0.217. The van der Waals surface area contributed by atoms with Gasteiger partial charge in [-0.2, -0.15) is 0 Å². The number of carbonyl (C=O) groups excluding carboxylic acids is 1. The molecule has 1 aromatic carbocycles. The van der Waals surface area contributed by atoms with Gasteiger partial charge in [0.1, 0.15) is 6.04 Å². The molecule has 0 radical (unpaired) electrons. The van der Waals surface area contributed by atoms with E-state index in [-0.39, 0.29) is 12.0 Å². The van der Waals surface area contributed by atoms with Crippen molar-refractivity contribution in [3.8, 4) is 0 Å². The SMILES string of the molecule is CCC(Nc1ccc(N2CCCC2)cc1)C(=O)OC. The first-order valence-electron chi connectivity index (χ1n) is 6.94. The van der Waals surface area contributed by atoms with Crippen LogP contribution in [0.25, 0.3) is 0 Å². The summed E-state index contributed by atoms with van der Waals surface area (Å²) in [6.45, 7) is 4.26. The minimum Gasteiger partial charge on any atom is -0.467 e. The molecule has 1 heterocycles. The average molecular weight is 262 g/mol. The summed E-state index contributed by atoms with van der Waals surface area (Å²) in [6, 6.07) is 8.00. The Labute approximate surface area is 114 Å². The number of ether oxygens (including phenoxy) is 1. The largest absolute Gasteiger partial charge is 0.467 e. The van der Waals surface area contributed by atoms with Crippen molar-refractivity contribution in [3.05, 3.63) is 24.3 Å². The van der Waals surface area contributed by atoms with Gasteiger partial charge in [0.2, 0.25) is 0 Å². The summed E-state index contributed by atoms with van der Waals surface area (Å²) in [5.74, 6) is -0.217. The summed E-state index contributed by atoms with van der Waals surface area (Å²) in [5.41, 5.74) is 2.22. The molecule has 19 heavy (non-hydrogen) atoms.